The fourth-order valence-corrected chi connectivity index (χ4v) is 2.39. The second-order valence-electron chi connectivity index (χ2n) is 3.29. The highest BCUT2D eigenvalue weighted by atomic mass is 127. The van der Waals surface area contributed by atoms with E-state index in [0.717, 1.165) is 17.3 Å². The molecule has 0 aliphatic heterocycles. The van der Waals surface area contributed by atoms with Crippen LogP contribution in [-0.4, -0.2) is 10.7 Å². The highest BCUT2D eigenvalue weighted by Gasteiger charge is 2.11. The molecule has 1 aromatic carbocycles. The molecule has 0 unspecified atom stereocenters. The van der Waals surface area contributed by atoms with Crippen molar-refractivity contribution in [3.8, 4) is 0 Å². The Hall–Kier alpha value is -0.360. The van der Waals surface area contributed by atoms with Gasteiger partial charge in [-0.15, -0.1) is 0 Å². The Morgan fingerprint density at radius 3 is 2.69 bits per heavy atom. The van der Waals surface area contributed by atoms with Crippen LogP contribution in [0.4, 0.5) is 0 Å². The summed E-state index contributed by atoms with van der Waals surface area (Å²) < 4.78 is 2.18. The molecule has 0 N–H and O–H groups in total. The molecule has 2 rings (SSSR count). The minimum Gasteiger partial charge on any atom is -1.00 e. The van der Waals surface area contributed by atoms with Crippen molar-refractivity contribution < 1.29 is 28.5 Å². The Balaban J connectivity index is 0.00000128. The molecule has 0 saturated carbocycles. The number of fused-ring (bicyclic) bond motifs is 1. The van der Waals surface area contributed by atoms with Crippen LogP contribution in [0.5, 0.6) is 0 Å². The van der Waals surface area contributed by atoms with Gasteiger partial charge in [0, 0.05) is 0 Å². The first-order chi connectivity index (χ1) is 7.36. The standard InChI is InChI=1S/C12H15N2S.HI/c1-3-14-9-13-12(15-4-2)10-7-5-6-8-11(10)14;/h5-9H,3-4H2,1-2H3;1H/q+1;/p-1. The highest BCUT2D eigenvalue weighted by molar-refractivity contribution is 7.99. The van der Waals surface area contributed by atoms with Crippen molar-refractivity contribution in [2.45, 2.75) is 25.4 Å². The molecule has 16 heavy (non-hydrogen) atoms. The third-order valence-electron chi connectivity index (χ3n) is 2.38. The number of benzene rings is 1. The van der Waals surface area contributed by atoms with E-state index in [1.165, 1.54) is 10.9 Å². The number of aryl methyl sites for hydroxylation is 1. The van der Waals surface area contributed by atoms with Gasteiger partial charge in [0.2, 0.25) is 5.03 Å². The highest BCUT2D eigenvalue weighted by Crippen LogP contribution is 2.22. The van der Waals surface area contributed by atoms with Crippen LogP contribution in [0, 0.1) is 0 Å². The molecule has 86 valence electrons. The van der Waals surface area contributed by atoms with Gasteiger partial charge in [0.15, 0.2) is 0 Å². The van der Waals surface area contributed by atoms with Crippen LogP contribution in [0.1, 0.15) is 13.8 Å². The SMILES string of the molecule is CCSc1nc[n+](CC)c2ccccc12.[I-]. The van der Waals surface area contributed by atoms with Gasteiger partial charge < -0.3 is 24.0 Å². The monoisotopic (exact) mass is 346 g/mol. The van der Waals surface area contributed by atoms with Crippen molar-refractivity contribution in [2.24, 2.45) is 0 Å². The van der Waals surface area contributed by atoms with Crippen LogP contribution in [0.25, 0.3) is 10.9 Å². The minimum atomic E-state index is 0. The second-order valence-corrected chi connectivity index (χ2v) is 4.54. The zero-order valence-electron chi connectivity index (χ0n) is 9.48. The van der Waals surface area contributed by atoms with E-state index in [9.17, 15) is 0 Å². The van der Waals surface area contributed by atoms with Gasteiger partial charge in [-0.05, 0) is 29.8 Å². The number of thioether (sulfide) groups is 1. The van der Waals surface area contributed by atoms with Crippen molar-refractivity contribution in [1.29, 1.82) is 0 Å². The Morgan fingerprint density at radius 1 is 1.25 bits per heavy atom. The number of hydrogen-bond acceptors (Lipinski definition) is 2. The van der Waals surface area contributed by atoms with Gasteiger partial charge in [0.25, 0.3) is 6.33 Å². The molecule has 0 aliphatic carbocycles. The smallest absolute Gasteiger partial charge is 0.288 e. The Bertz CT molecular complexity index is 474. The van der Waals surface area contributed by atoms with Crippen LogP contribution in [-0.2, 0) is 6.54 Å². The molecule has 0 radical (unpaired) electrons. The lowest BCUT2D eigenvalue weighted by atomic mass is 10.2. The number of aromatic nitrogens is 2. The van der Waals surface area contributed by atoms with Crippen molar-refractivity contribution in [3.05, 3.63) is 30.6 Å². The maximum absolute atomic E-state index is 4.49. The number of rotatable bonds is 3. The van der Waals surface area contributed by atoms with Crippen LogP contribution in [0.2, 0.25) is 0 Å². The largest absolute Gasteiger partial charge is 1.00 e. The van der Waals surface area contributed by atoms with Crippen molar-refractivity contribution in [1.82, 2.24) is 4.98 Å². The van der Waals surface area contributed by atoms with E-state index in [0.29, 0.717) is 0 Å². The summed E-state index contributed by atoms with van der Waals surface area (Å²) in [6, 6.07) is 8.45. The summed E-state index contributed by atoms with van der Waals surface area (Å²) in [7, 11) is 0. The summed E-state index contributed by atoms with van der Waals surface area (Å²) in [5.41, 5.74) is 1.27. The van der Waals surface area contributed by atoms with E-state index in [2.05, 4.69) is 47.7 Å². The van der Waals surface area contributed by atoms with E-state index >= 15 is 0 Å². The van der Waals surface area contributed by atoms with Gasteiger partial charge >= 0.3 is 0 Å². The summed E-state index contributed by atoms with van der Waals surface area (Å²) in [6.45, 7) is 5.26. The predicted octanol–water partition coefficient (Wildman–Crippen LogP) is -0.342. The summed E-state index contributed by atoms with van der Waals surface area (Å²) in [6.07, 6.45) is 1.93. The lowest BCUT2D eigenvalue weighted by Gasteiger charge is -2.02. The summed E-state index contributed by atoms with van der Waals surface area (Å²) in [5, 5.41) is 2.39. The summed E-state index contributed by atoms with van der Waals surface area (Å²) in [5.74, 6) is 1.06. The first-order valence-electron chi connectivity index (χ1n) is 5.26. The third kappa shape index (κ3) is 2.66. The molecule has 0 amide bonds. The molecule has 4 heteroatoms. The fourth-order valence-electron chi connectivity index (χ4n) is 1.66. The van der Waals surface area contributed by atoms with Crippen LogP contribution in [0.15, 0.2) is 35.6 Å². The maximum Gasteiger partial charge on any atom is 0.288 e. The van der Waals surface area contributed by atoms with Crippen LogP contribution in [0.3, 0.4) is 0 Å². The molecule has 0 atom stereocenters. The van der Waals surface area contributed by atoms with Gasteiger partial charge in [-0.1, -0.05) is 30.8 Å². The Morgan fingerprint density at radius 2 is 2.00 bits per heavy atom. The second kappa shape index (κ2) is 6.39. The molecular formula is C12H15IN2S. The fraction of sp³-hybridized carbons (Fsp3) is 0.333. The molecule has 1 aromatic heterocycles. The first kappa shape index (κ1) is 13.7. The predicted molar refractivity (Wildman–Crippen MR) is 64.0 cm³/mol. The van der Waals surface area contributed by atoms with Crippen molar-refractivity contribution >= 4 is 22.7 Å². The number of hydrogen-bond donors (Lipinski definition) is 0. The molecule has 1 heterocycles. The van der Waals surface area contributed by atoms with Gasteiger partial charge in [-0.25, -0.2) is 4.57 Å². The van der Waals surface area contributed by atoms with Crippen molar-refractivity contribution in [2.75, 3.05) is 5.75 Å². The molecule has 2 aromatic rings. The molecule has 0 saturated heterocycles. The first-order valence-corrected chi connectivity index (χ1v) is 6.25. The van der Waals surface area contributed by atoms with E-state index < -0.39 is 0 Å². The van der Waals surface area contributed by atoms with Crippen LogP contribution >= 0.6 is 11.8 Å². The normalized spacial score (nSPS) is 10.1. The van der Waals surface area contributed by atoms with E-state index in [1.54, 1.807) is 11.8 Å². The van der Waals surface area contributed by atoms with Crippen molar-refractivity contribution in [3.63, 3.8) is 0 Å². The molecular weight excluding hydrogens is 331 g/mol. The lowest BCUT2D eigenvalue weighted by Crippen LogP contribution is -3.00. The quantitative estimate of drug-likeness (QED) is 0.327. The molecule has 2 nitrogen and oxygen atoms in total. The van der Waals surface area contributed by atoms with E-state index in [4.69, 9.17) is 0 Å². The molecule has 0 spiro atoms. The van der Waals surface area contributed by atoms with Gasteiger partial charge in [-0.3, -0.25) is 0 Å². The Labute approximate surface area is 117 Å². The lowest BCUT2D eigenvalue weighted by molar-refractivity contribution is -0.671. The zero-order valence-corrected chi connectivity index (χ0v) is 12.5. The maximum atomic E-state index is 4.49. The van der Waals surface area contributed by atoms with E-state index in [-0.39, 0.29) is 24.0 Å². The van der Waals surface area contributed by atoms with Crippen LogP contribution < -0.4 is 28.5 Å². The topological polar surface area (TPSA) is 16.8 Å². The Kier molecular flexibility index (Phi) is 5.48. The number of nitrogens with zero attached hydrogens (tertiary/aromatic N) is 2. The average molecular weight is 346 g/mol. The minimum absolute atomic E-state index is 0. The molecule has 0 bridgehead atoms. The van der Waals surface area contributed by atoms with Gasteiger partial charge in [0.1, 0.15) is 5.52 Å². The third-order valence-corrected chi connectivity index (χ3v) is 3.27. The average Bonchev–Trinajstić information content (AvgIpc) is 2.30. The van der Waals surface area contributed by atoms with Gasteiger partial charge in [0.05, 0.1) is 11.9 Å². The number of halogens is 1. The summed E-state index contributed by atoms with van der Waals surface area (Å²) >= 11 is 1.80. The van der Waals surface area contributed by atoms with Gasteiger partial charge in [-0.2, -0.15) is 0 Å². The molecule has 0 fully saturated rings. The zero-order chi connectivity index (χ0) is 10.7. The van der Waals surface area contributed by atoms with E-state index in [1.807, 2.05) is 6.33 Å². The number of para-hydroxylation sites is 1. The molecule has 0 aliphatic rings. The summed E-state index contributed by atoms with van der Waals surface area (Å²) in [4.78, 5) is 4.49.